The molecule has 130 valence electrons. The quantitative estimate of drug-likeness (QED) is 0.307. The number of aromatic amines is 1. The van der Waals surface area contributed by atoms with Gasteiger partial charge in [0.2, 0.25) is 0 Å². The average molecular weight is 348 g/mol. The summed E-state index contributed by atoms with van der Waals surface area (Å²) in [6, 6.07) is 16.5. The van der Waals surface area contributed by atoms with Gasteiger partial charge in [0, 0.05) is 0 Å². The lowest BCUT2D eigenvalue weighted by atomic mass is 10.2. The van der Waals surface area contributed by atoms with E-state index < -0.39 is 0 Å². The zero-order valence-corrected chi connectivity index (χ0v) is 14.0. The number of nitrogens with one attached hydrogen (secondary N) is 1. The summed E-state index contributed by atoms with van der Waals surface area (Å²) in [5.74, 6) is 0.778. The third-order valence-electron chi connectivity index (χ3n) is 3.62. The molecule has 0 spiro atoms. The first-order valence-electron chi connectivity index (χ1n) is 7.78. The topological polar surface area (TPSA) is 104 Å². The summed E-state index contributed by atoms with van der Waals surface area (Å²) in [5.41, 5.74) is 2.32. The molecule has 3 rings (SSSR count). The van der Waals surface area contributed by atoms with Crippen molar-refractivity contribution in [1.29, 1.82) is 5.26 Å². The number of oxime groups is 1. The number of benzene rings is 2. The lowest BCUT2D eigenvalue weighted by Gasteiger charge is -2.01. The molecule has 7 heteroatoms. The molecule has 1 heterocycles. The van der Waals surface area contributed by atoms with E-state index in [0.29, 0.717) is 5.52 Å². The van der Waals surface area contributed by atoms with Crippen molar-refractivity contribution in [3.8, 4) is 11.8 Å². The molecule has 0 amide bonds. The van der Waals surface area contributed by atoms with Crippen molar-refractivity contribution in [2.75, 3.05) is 13.7 Å². The number of aliphatic hydroxyl groups is 1. The Morgan fingerprint density at radius 1 is 1.27 bits per heavy atom. The van der Waals surface area contributed by atoms with Crippen molar-refractivity contribution in [2.24, 2.45) is 5.16 Å². The number of H-pyrrole nitrogens is 1. The van der Waals surface area contributed by atoms with Gasteiger partial charge in [0.25, 0.3) is 0 Å². The van der Waals surface area contributed by atoms with E-state index in [1.807, 2.05) is 42.5 Å². The number of aromatic nitrogens is 2. The van der Waals surface area contributed by atoms with Crippen LogP contribution in [-0.2, 0) is 4.84 Å². The summed E-state index contributed by atoms with van der Waals surface area (Å²) in [5, 5.41) is 23.3. The normalized spacial score (nSPS) is 12.0. The van der Waals surface area contributed by atoms with Gasteiger partial charge in [0.15, 0.2) is 18.2 Å². The predicted octanol–water partition coefficient (Wildman–Crippen LogP) is 3.41. The fourth-order valence-corrected chi connectivity index (χ4v) is 2.28. The van der Waals surface area contributed by atoms with E-state index >= 15 is 0 Å². The molecule has 0 bridgehead atoms. The number of allylic oxidation sites excluding steroid dienone is 1. The van der Waals surface area contributed by atoms with Gasteiger partial charge >= 0.3 is 0 Å². The molecule has 2 aromatic carbocycles. The summed E-state index contributed by atoms with van der Waals surface area (Å²) in [4.78, 5) is 12.4. The Labute approximate surface area is 149 Å². The van der Waals surface area contributed by atoms with Crippen LogP contribution in [0.25, 0.3) is 16.6 Å². The van der Waals surface area contributed by atoms with Crippen LogP contribution in [0, 0.1) is 11.3 Å². The van der Waals surface area contributed by atoms with Crippen molar-refractivity contribution in [3.05, 3.63) is 65.7 Å². The third kappa shape index (κ3) is 3.82. The maximum Gasteiger partial charge on any atom is 0.175 e. The van der Waals surface area contributed by atoms with Crippen LogP contribution in [0.15, 0.2) is 59.4 Å². The minimum absolute atomic E-state index is 0.0147. The molecule has 0 unspecified atom stereocenters. The minimum Gasteiger partial charge on any atom is -0.507 e. The van der Waals surface area contributed by atoms with Crippen molar-refractivity contribution in [2.45, 2.75) is 0 Å². The van der Waals surface area contributed by atoms with Gasteiger partial charge in [-0.2, -0.15) is 5.26 Å². The number of imidazole rings is 1. The molecule has 2 N–H and O–H groups in total. The lowest BCUT2D eigenvalue weighted by Crippen LogP contribution is -1.99. The third-order valence-corrected chi connectivity index (χ3v) is 3.62. The van der Waals surface area contributed by atoms with Crippen LogP contribution < -0.4 is 4.74 Å². The molecule has 0 aliphatic rings. The second-order valence-electron chi connectivity index (χ2n) is 5.32. The van der Waals surface area contributed by atoms with Gasteiger partial charge in [0.1, 0.15) is 17.4 Å². The number of para-hydroxylation sites is 2. The maximum atomic E-state index is 10.1. The molecule has 1 aromatic heterocycles. The van der Waals surface area contributed by atoms with Crippen molar-refractivity contribution < 1.29 is 14.7 Å². The molecule has 26 heavy (non-hydrogen) atoms. The molecular weight excluding hydrogens is 332 g/mol. The van der Waals surface area contributed by atoms with Gasteiger partial charge in [-0.1, -0.05) is 17.3 Å². The van der Waals surface area contributed by atoms with Crippen LogP contribution in [0.4, 0.5) is 0 Å². The van der Waals surface area contributed by atoms with Gasteiger partial charge in [-0.3, -0.25) is 0 Å². The second kappa shape index (κ2) is 7.85. The molecule has 0 saturated carbocycles. The Bertz CT molecular complexity index is 965. The standard InChI is InChI=1S/C19H16N4O3/c1-25-14-8-6-13(7-9-14)11-21-26-12-18(24)15(10-20)19-22-16-4-2-3-5-17(16)23-19/h2-9,11,24H,12H2,1H3,(H,22,23)/b18-15-,21-11-. The Morgan fingerprint density at radius 3 is 2.73 bits per heavy atom. The van der Waals surface area contributed by atoms with Crippen LogP contribution in [0.2, 0.25) is 0 Å². The summed E-state index contributed by atoms with van der Waals surface area (Å²) < 4.78 is 5.07. The van der Waals surface area contributed by atoms with Crippen LogP contribution >= 0.6 is 0 Å². The monoisotopic (exact) mass is 348 g/mol. The van der Waals surface area contributed by atoms with E-state index in [1.165, 1.54) is 6.21 Å². The Hall–Kier alpha value is -3.79. The number of aliphatic hydroxyl groups excluding tert-OH is 1. The van der Waals surface area contributed by atoms with E-state index in [0.717, 1.165) is 16.8 Å². The highest BCUT2D eigenvalue weighted by molar-refractivity contribution is 5.82. The van der Waals surface area contributed by atoms with E-state index in [1.54, 1.807) is 19.2 Å². The average Bonchev–Trinajstić information content (AvgIpc) is 3.10. The Morgan fingerprint density at radius 2 is 2.04 bits per heavy atom. The Balaban J connectivity index is 1.68. The van der Waals surface area contributed by atoms with Gasteiger partial charge < -0.3 is 19.7 Å². The zero-order valence-electron chi connectivity index (χ0n) is 14.0. The fraction of sp³-hybridized carbons (Fsp3) is 0.105. The van der Waals surface area contributed by atoms with Crippen LogP contribution in [0.5, 0.6) is 5.75 Å². The number of rotatable bonds is 6. The molecule has 3 aromatic rings. The smallest absolute Gasteiger partial charge is 0.175 e. The lowest BCUT2D eigenvalue weighted by molar-refractivity contribution is 0.139. The van der Waals surface area contributed by atoms with Crippen molar-refractivity contribution in [1.82, 2.24) is 9.97 Å². The number of nitriles is 1. The Kier molecular flexibility index (Phi) is 5.15. The fourth-order valence-electron chi connectivity index (χ4n) is 2.28. The molecule has 0 radical (unpaired) electrons. The van der Waals surface area contributed by atoms with Gasteiger partial charge in [-0.25, -0.2) is 4.98 Å². The highest BCUT2D eigenvalue weighted by Crippen LogP contribution is 2.18. The number of fused-ring (bicyclic) bond motifs is 1. The number of methoxy groups -OCH3 is 1. The molecule has 0 atom stereocenters. The molecular formula is C19H16N4O3. The van der Waals surface area contributed by atoms with Gasteiger partial charge in [-0.05, 0) is 42.0 Å². The SMILES string of the molecule is COc1ccc(/C=N\OC/C(O)=C(\C#N)c2nc3ccccc3[nH]2)cc1. The minimum atomic E-state index is -0.251. The van der Waals surface area contributed by atoms with Crippen LogP contribution in [-0.4, -0.2) is 35.0 Å². The van der Waals surface area contributed by atoms with E-state index in [9.17, 15) is 10.4 Å². The first kappa shape index (κ1) is 17.0. The van der Waals surface area contributed by atoms with E-state index in [4.69, 9.17) is 9.57 Å². The molecule has 0 aliphatic carbocycles. The van der Waals surface area contributed by atoms with Crippen LogP contribution in [0.1, 0.15) is 11.4 Å². The predicted molar refractivity (Wildman–Crippen MR) is 97.8 cm³/mol. The van der Waals surface area contributed by atoms with E-state index in [-0.39, 0.29) is 23.8 Å². The number of hydrogen-bond donors (Lipinski definition) is 2. The van der Waals surface area contributed by atoms with E-state index in [2.05, 4.69) is 15.1 Å². The van der Waals surface area contributed by atoms with Crippen molar-refractivity contribution >= 4 is 22.8 Å². The second-order valence-corrected chi connectivity index (χ2v) is 5.32. The summed E-state index contributed by atoms with van der Waals surface area (Å²) in [6.45, 7) is -0.243. The summed E-state index contributed by atoms with van der Waals surface area (Å²) in [7, 11) is 1.59. The molecule has 0 saturated heterocycles. The van der Waals surface area contributed by atoms with Gasteiger partial charge in [-0.15, -0.1) is 0 Å². The largest absolute Gasteiger partial charge is 0.507 e. The first-order chi connectivity index (χ1) is 12.7. The maximum absolute atomic E-state index is 10.1. The number of nitrogens with zero attached hydrogens (tertiary/aromatic N) is 3. The number of hydrogen-bond acceptors (Lipinski definition) is 6. The highest BCUT2D eigenvalue weighted by Gasteiger charge is 2.13. The van der Waals surface area contributed by atoms with Crippen molar-refractivity contribution in [3.63, 3.8) is 0 Å². The summed E-state index contributed by atoms with van der Waals surface area (Å²) in [6.07, 6.45) is 1.50. The highest BCUT2D eigenvalue weighted by atomic mass is 16.6. The zero-order chi connectivity index (χ0) is 18.4. The van der Waals surface area contributed by atoms with Gasteiger partial charge in [0.05, 0.1) is 24.4 Å². The first-order valence-corrected chi connectivity index (χ1v) is 7.78. The van der Waals surface area contributed by atoms with Crippen LogP contribution in [0.3, 0.4) is 0 Å². The number of ether oxygens (including phenoxy) is 1. The molecule has 0 aliphatic heterocycles. The molecule has 7 nitrogen and oxygen atoms in total. The molecule has 0 fully saturated rings. The summed E-state index contributed by atoms with van der Waals surface area (Å²) >= 11 is 0.